The van der Waals surface area contributed by atoms with Crippen molar-refractivity contribution in [2.24, 2.45) is 0 Å². The van der Waals surface area contributed by atoms with Gasteiger partial charge in [-0.1, -0.05) is 6.92 Å². The predicted octanol–water partition coefficient (Wildman–Crippen LogP) is 3.14. The van der Waals surface area contributed by atoms with Gasteiger partial charge < -0.3 is 0 Å². The van der Waals surface area contributed by atoms with Crippen LogP contribution in [0, 0.1) is 0 Å². The second kappa shape index (κ2) is 2.92. The molecular weight excluding hydrogens is 184 g/mol. The van der Waals surface area contributed by atoms with E-state index in [0.717, 1.165) is 0 Å². The van der Waals surface area contributed by atoms with E-state index in [1.165, 1.54) is 22.4 Å². The molecule has 0 saturated carbocycles. The number of thioether (sulfide) groups is 1. The number of allylic oxidation sites excluding steroid dienone is 1. The normalized spacial score (nSPS) is 20.2. The van der Waals surface area contributed by atoms with E-state index in [-0.39, 0.29) is 0 Å². The molecule has 0 aromatic heterocycles. The van der Waals surface area contributed by atoms with E-state index in [4.69, 9.17) is 0 Å². The number of hydrogen-bond acceptors (Lipinski definition) is 1. The van der Waals surface area contributed by atoms with Crippen molar-refractivity contribution in [2.45, 2.75) is 19.8 Å². The third-order valence-corrected chi connectivity index (χ3v) is 3.54. The van der Waals surface area contributed by atoms with Gasteiger partial charge in [0, 0.05) is 9.57 Å². The highest BCUT2D eigenvalue weighted by molar-refractivity contribution is 9.14. The fraction of sp³-hybridized carbons (Fsp3) is 0.667. The standard InChI is InChI=1S/C6H9BrS/c1-2-5-3-4-8-6(5)7/h2-4H2,1H3. The smallest absolute Gasteiger partial charge is 0.0495 e. The monoisotopic (exact) mass is 192 g/mol. The van der Waals surface area contributed by atoms with Crippen LogP contribution in [0.15, 0.2) is 9.39 Å². The lowest BCUT2D eigenvalue weighted by molar-refractivity contribution is 1.00. The Kier molecular flexibility index (Phi) is 2.44. The number of rotatable bonds is 1. The molecule has 0 radical (unpaired) electrons. The first-order valence-corrected chi connectivity index (χ1v) is 4.62. The summed E-state index contributed by atoms with van der Waals surface area (Å²) in [7, 11) is 0. The maximum absolute atomic E-state index is 3.51. The summed E-state index contributed by atoms with van der Waals surface area (Å²) in [6.07, 6.45) is 2.51. The molecule has 0 aliphatic carbocycles. The van der Waals surface area contributed by atoms with Crippen LogP contribution in [-0.2, 0) is 0 Å². The Morgan fingerprint density at radius 1 is 1.75 bits per heavy atom. The average molecular weight is 193 g/mol. The van der Waals surface area contributed by atoms with E-state index in [1.54, 1.807) is 5.57 Å². The van der Waals surface area contributed by atoms with E-state index >= 15 is 0 Å². The predicted molar refractivity (Wildman–Crippen MR) is 43.3 cm³/mol. The molecule has 0 N–H and O–H groups in total. The van der Waals surface area contributed by atoms with Crippen molar-refractivity contribution in [1.29, 1.82) is 0 Å². The van der Waals surface area contributed by atoms with E-state index in [2.05, 4.69) is 22.9 Å². The van der Waals surface area contributed by atoms with Gasteiger partial charge >= 0.3 is 0 Å². The fourth-order valence-electron chi connectivity index (χ4n) is 0.780. The van der Waals surface area contributed by atoms with Crippen LogP contribution in [0.1, 0.15) is 19.8 Å². The molecule has 0 saturated heterocycles. The lowest BCUT2D eigenvalue weighted by Crippen LogP contribution is -1.74. The Balaban J connectivity index is 2.58. The lowest BCUT2D eigenvalue weighted by atomic mass is 10.2. The van der Waals surface area contributed by atoms with Crippen molar-refractivity contribution in [3.05, 3.63) is 9.39 Å². The minimum absolute atomic E-state index is 1.22. The first-order valence-electron chi connectivity index (χ1n) is 2.85. The molecule has 0 nitrogen and oxygen atoms in total. The molecule has 8 heavy (non-hydrogen) atoms. The third-order valence-electron chi connectivity index (χ3n) is 1.34. The molecule has 0 spiro atoms. The van der Waals surface area contributed by atoms with Crippen LogP contribution in [0.5, 0.6) is 0 Å². The molecule has 2 heteroatoms. The Labute approximate surface area is 62.9 Å². The fourth-order valence-corrected chi connectivity index (χ4v) is 2.72. The first-order chi connectivity index (χ1) is 3.84. The van der Waals surface area contributed by atoms with Crippen LogP contribution in [-0.4, -0.2) is 5.75 Å². The molecule has 1 aliphatic heterocycles. The molecule has 46 valence electrons. The zero-order chi connectivity index (χ0) is 5.98. The maximum Gasteiger partial charge on any atom is 0.0495 e. The Morgan fingerprint density at radius 3 is 2.75 bits per heavy atom. The van der Waals surface area contributed by atoms with E-state index in [9.17, 15) is 0 Å². The van der Waals surface area contributed by atoms with Crippen LogP contribution in [0.3, 0.4) is 0 Å². The molecule has 0 unspecified atom stereocenters. The number of halogens is 1. The molecule has 0 amide bonds. The third kappa shape index (κ3) is 1.29. The van der Waals surface area contributed by atoms with Gasteiger partial charge in [-0.25, -0.2) is 0 Å². The lowest BCUT2D eigenvalue weighted by Gasteiger charge is -1.91. The van der Waals surface area contributed by atoms with Crippen LogP contribution in [0.2, 0.25) is 0 Å². The average Bonchev–Trinajstić information content (AvgIpc) is 2.14. The first kappa shape index (κ1) is 6.69. The Morgan fingerprint density at radius 2 is 2.50 bits per heavy atom. The zero-order valence-corrected chi connectivity index (χ0v) is 7.31. The molecule has 1 aliphatic rings. The number of hydrogen-bond donors (Lipinski definition) is 0. The van der Waals surface area contributed by atoms with E-state index in [0.29, 0.717) is 0 Å². The van der Waals surface area contributed by atoms with Crippen molar-refractivity contribution < 1.29 is 0 Å². The summed E-state index contributed by atoms with van der Waals surface area (Å²) in [6, 6.07) is 0. The van der Waals surface area contributed by atoms with Gasteiger partial charge in [0.05, 0.1) is 0 Å². The molecule has 0 aromatic carbocycles. The molecule has 0 aromatic rings. The largest absolute Gasteiger partial charge is 0.118 e. The second-order valence-corrected chi connectivity index (χ2v) is 4.25. The minimum Gasteiger partial charge on any atom is -0.118 e. The Hall–Kier alpha value is 0.570. The second-order valence-electron chi connectivity index (χ2n) is 1.83. The summed E-state index contributed by atoms with van der Waals surface area (Å²) in [5.74, 6) is 1.28. The molecular formula is C6H9BrS. The molecule has 0 bridgehead atoms. The van der Waals surface area contributed by atoms with Crippen molar-refractivity contribution in [1.82, 2.24) is 0 Å². The van der Waals surface area contributed by atoms with Crippen LogP contribution < -0.4 is 0 Å². The van der Waals surface area contributed by atoms with Gasteiger partial charge in [0.25, 0.3) is 0 Å². The molecule has 0 fully saturated rings. The van der Waals surface area contributed by atoms with Crippen LogP contribution >= 0.6 is 27.7 Å². The van der Waals surface area contributed by atoms with Gasteiger partial charge in [-0.15, -0.1) is 11.8 Å². The van der Waals surface area contributed by atoms with Crippen molar-refractivity contribution in [2.75, 3.05) is 5.75 Å². The zero-order valence-electron chi connectivity index (χ0n) is 4.91. The topological polar surface area (TPSA) is 0 Å². The molecule has 1 heterocycles. The van der Waals surface area contributed by atoms with Gasteiger partial charge in [-0.05, 0) is 34.3 Å². The van der Waals surface area contributed by atoms with Crippen molar-refractivity contribution >= 4 is 27.7 Å². The minimum atomic E-state index is 1.22. The summed E-state index contributed by atoms with van der Waals surface area (Å²) < 4.78 is 1.39. The van der Waals surface area contributed by atoms with Gasteiger partial charge in [0.15, 0.2) is 0 Å². The quantitative estimate of drug-likeness (QED) is 0.616. The van der Waals surface area contributed by atoms with Gasteiger partial charge in [-0.3, -0.25) is 0 Å². The maximum atomic E-state index is 3.51. The van der Waals surface area contributed by atoms with Crippen LogP contribution in [0.25, 0.3) is 0 Å². The highest BCUT2D eigenvalue weighted by Gasteiger charge is 2.09. The Bertz CT molecular complexity index is 118. The van der Waals surface area contributed by atoms with Gasteiger partial charge in [0.1, 0.15) is 0 Å². The summed E-state index contributed by atoms with van der Waals surface area (Å²) in [5, 5.41) is 0. The van der Waals surface area contributed by atoms with Gasteiger partial charge in [0.2, 0.25) is 0 Å². The summed E-state index contributed by atoms with van der Waals surface area (Å²) in [4.78, 5) is 0. The van der Waals surface area contributed by atoms with Crippen molar-refractivity contribution in [3.8, 4) is 0 Å². The molecule has 1 rings (SSSR count). The van der Waals surface area contributed by atoms with Crippen molar-refractivity contribution in [3.63, 3.8) is 0 Å². The van der Waals surface area contributed by atoms with E-state index in [1.807, 2.05) is 11.8 Å². The summed E-state index contributed by atoms with van der Waals surface area (Å²) in [6.45, 7) is 2.21. The summed E-state index contributed by atoms with van der Waals surface area (Å²) >= 11 is 5.43. The summed E-state index contributed by atoms with van der Waals surface area (Å²) in [5.41, 5.74) is 1.59. The highest BCUT2D eigenvalue weighted by Crippen LogP contribution is 2.36. The molecule has 0 atom stereocenters. The highest BCUT2D eigenvalue weighted by atomic mass is 79.9. The van der Waals surface area contributed by atoms with Gasteiger partial charge in [-0.2, -0.15) is 0 Å². The van der Waals surface area contributed by atoms with E-state index < -0.39 is 0 Å². The SMILES string of the molecule is CCC1=C(Br)SCC1. The van der Waals surface area contributed by atoms with Crippen LogP contribution in [0.4, 0.5) is 0 Å².